The maximum absolute atomic E-state index is 12.4. The molecule has 1 N–H and O–H groups in total. The fourth-order valence-electron chi connectivity index (χ4n) is 0.936. The van der Waals surface area contributed by atoms with E-state index in [4.69, 9.17) is 5.11 Å². The van der Waals surface area contributed by atoms with E-state index in [0.717, 1.165) is 6.42 Å². The van der Waals surface area contributed by atoms with Gasteiger partial charge < -0.3 is 5.11 Å². The van der Waals surface area contributed by atoms with Crippen LogP contribution in [0.25, 0.3) is 0 Å². The van der Waals surface area contributed by atoms with E-state index in [1.54, 1.807) is 6.92 Å². The van der Waals surface area contributed by atoms with Crippen molar-refractivity contribution in [2.45, 2.75) is 37.6 Å². The third-order valence-corrected chi connectivity index (χ3v) is 2.09. The molecule has 0 amide bonds. The molecule has 0 aromatic carbocycles. The van der Waals surface area contributed by atoms with Gasteiger partial charge in [-0.3, -0.25) is 0 Å². The number of hydrogen-bond acceptors (Lipinski definition) is 1. The molecule has 0 bridgehead atoms. The number of halogens is 3. The van der Waals surface area contributed by atoms with Gasteiger partial charge >= 0.3 is 4.83 Å². The molecule has 0 aromatic heterocycles. The molecule has 0 aromatic rings. The van der Waals surface area contributed by atoms with Gasteiger partial charge in [-0.2, -0.15) is 8.78 Å². The Balaban J connectivity index is 3.91. The van der Waals surface area contributed by atoms with E-state index in [-0.39, 0.29) is 5.92 Å². The van der Waals surface area contributed by atoms with Gasteiger partial charge in [0.15, 0.2) is 0 Å². The molecule has 4 heteroatoms. The van der Waals surface area contributed by atoms with Crippen molar-refractivity contribution in [3.8, 4) is 0 Å². The van der Waals surface area contributed by atoms with Gasteiger partial charge in [-0.1, -0.05) is 20.3 Å². The molecule has 0 saturated carbocycles. The second kappa shape index (κ2) is 4.36. The molecule has 2 atom stereocenters. The Kier molecular flexibility index (Phi) is 4.48. The maximum atomic E-state index is 12.4. The Morgan fingerprint density at radius 2 is 2.00 bits per heavy atom. The largest absolute Gasteiger partial charge is 0.386 e. The van der Waals surface area contributed by atoms with E-state index in [2.05, 4.69) is 15.9 Å². The Hall–Kier alpha value is 0.300. The summed E-state index contributed by atoms with van der Waals surface area (Å²) < 4.78 is 24.7. The minimum Gasteiger partial charge on any atom is -0.386 e. The molecule has 0 rings (SSSR count). The lowest BCUT2D eigenvalue weighted by atomic mass is 10.00. The summed E-state index contributed by atoms with van der Waals surface area (Å²) in [6.07, 6.45) is -0.161. The van der Waals surface area contributed by atoms with Crippen molar-refractivity contribution in [3.63, 3.8) is 0 Å². The Labute approximate surface area is 73.9 Å². The van der Waals surface area contributed by atoms with Gasteiger partial charge in [0.1, 0.15) is 6.10 Å². The van der Waals surface area contributed by atoms with Crippen LogP contribution in [0.5, 0.6) is 0 Å². The fraction of sp³-hybridized carbons (Fsp3) is 1.00. The molecular weight excluding hydrogens is 218 g/mol. The summed E-state index contributed by atoms with van der Waals surface area (Å²) in [5.74, 6) is -0.366. The average molecular weight is 231 g/mol. The Morgan fingerprint density at radius 3 is 2.27 bits per heavy atom. The summed E-state index contributed by atoms with van der Waals surface area (Å²) in [5.41, 5.74) is 0. The smallest absolute Gasteiger partial charge is 0.326 e. The summed E-state index contributed by atoms with van der Waals surface area (Å²) in [6, 6.07) is 0. The molecule has 0 saturated heterocycles. The molecule has 1 nitrogen and oxygen atoms in total. The van der Waals surface area contributed by atoms with Crippen LogP contribution in [0.2, 0.25) is 0 Å². The molecular formula is C7H13BrF2O. The molecule has 2 unspecified atom stereocenters. The molecule has 68 valence electrons. The zero-order valence-corrected chi connectivity index (χ0v) is 8.24. The maximum Gasteiger partial charge on any atom is 0.326 e. The van der Waals surface area contributed by atoms with Gasteiger partial charge in [-0.15, -0.1) is 0 Å². The normalized spacial score (nSPS) is 18.0. The molecule has 0 spiro atoms. The van der Waals surface area contributed by atoms with Crippen molar-refractivity contribution < 1.29 is 13.9 Å². The number of aliphatic hydroxyl groups is 1. The fourth-order valence-corrected chi connectivity index (χ4v) is 1.39. The summed E-state index contributed by atoms with van der Waals surface area (Å²) in [5, 5.41) is 8.99. The van der Waals surface area contributed by atoms with Gasteiger partial charge in [0.25, 0.3) is 0 Å². The van der Waals surface area contributed by atoms with Gasteiger partial charge in [-0.25, -0.2) is 0 Å². The molecule has 0 aliphatic carbocycles. The van der Waals surface area contributed by atoms with Crippen molar-refractivity contribution in [2.24, 2.45) is 5.92 Å². The van der Waals surface area contributed by atoms with Crippen molar-refractivity contribution >= 4 is 15.9 Å². The van der Waals surface area contributed by atoms with Crippen LogP contribution in [0.4, 0.5) is 8.78 Å². The van der Waals surface area contributed by atoms with Crippen LogP contribution in [0, 0.1) is 5.92 Å². The van der Waals surface area contributed by atoms with E-state index in [0.29, 0.717) is 6.42 Å². The second-order valence-electron chi connectivity index (χ2n) is 2.75. The number of hydrogen-bond donors (Lipinski definition) is 1. The van der Waals surface area contributed by atoms with Crippen LogP contribution in [-0.2, 0) is 0 Å². The van der Waals surface area contributed by atoms with E-state index in [1.165, 1.54) is 0 Å². The van der Waals surface area contributed by atoms with Crippen LogP contribution < -0.4 is 0 Å². The van der Waals surface area contributed by atoms with E-state index in [9.17, 15) is 8.78 Å². The molecule has 0 aliphatic heterocycles. The van der Waals surface area contributed by atoms with Gasteiger partial charge in [0.05, 0.1) is 0 Å². The van der Waals surface area contributed by atoms with Gasteiger partial charge in [-0.05, 0) is 28.3 Å². The summed E-state index contributed by atoms with van der Waals surface area (Å²) in [6.45, 7) is 3.51. The summed E-state index contributed by atoms with van der Waals surface area (Å²) in [4.78, 5) is -3.15. The molecule has 11 heavy (non-hydrogen) atoms. The lowest BCUT2D eigenvalue weighted by Gasteiger charge is -2.22. The highest BCUT2D eigenvalue weighted by Gasteiger charge is 2.37. The van der Waals surface area contributed by atoms with Crippen LogP contribution in [0.1, 0.15) is 26.7 Å². The topological polar surface area (TPSA) is 20.2 Å². The predicted octanol–water partition coefficient (Wildman–Crippen LogP) is 2.77. The Bertz CT molecular complexity index is 113. The van der Waals surface area contributed by atoms with Gasteiger partial charge in [0, 0.05) is 0 Å². The number of aliphatic hydroxyl groups excluding tert-OH is 1. The van der Waals surface area contributed by atoms with E-state index >= 15 is 0 Å². The monoisotopic (exact) mass is 230 g/mol. The molecule has 0 fully saturated rings. The third-order valence-electron chi connectivity index (χ3n) is 1.62. The van der Waals surface area contributed by atoms with Crippen LogP contribution in [0.15, 0.2) is 0 Å². The average Bonchev–Trinajstić information content (AvgIpc) is 1.85. The molecule has 0 aliphatic rings. The molecule has 0 radical (unpaired) electrons. The van der Waals surface area contributed by atoms with Crippen molar-refractivity contribution in [2.75, 3.05) is 0 Å². The first-order valence-corrected chi connectivity index (χ1v) is 4.43. The van der Waals surface area contributed by atoms with E-state index < -0.39 is 10.9 Å². The molecule has 0 heterocycles. The minimum atomic E-state index is -3.15. The minimum absolute atomic E-state index is 0.366. The first kappa shape index (κ1) is 11.3. The van der Waals surface area contributed by atoms with Crippen LogP contribution in [-0.4, -0.2) is 16.0 Å². The zero-order valence-electron chi connectivity index (χ0n) is 6.65. The SMILES string of the molecule is CCCC(C)C(O)C(F)(F)Br. The third kappa shape index (κ3) is 4.01. The second-order valence-corrected chi connectivity index (χ2v) is 3.81. The number of rotatable bonds is 4. The highest BCUT2D eigenvalue weighted by atomic mass is 79.9. The first-order chi connectivity index (χ1) is 4.89. The quantitative estimate of drug-likeness (QED) is 0.737. The van der Waals surface area contributed by atoms with Crippen molar-refractivity contribution in [3.05, 3.63) is 0 Å². The highest BCUT2D eigenvalue weighted by Crippen LogP contribution is 2.31. The lowest BCUT2D eigenvalue weighted by molar-refractivity contribution is -0.0570. The van der Waals surface area contributed by atoms with Gasteiger partial charge in [0.2, 0.25) is 0 Å². The van der Waals surface area contributed by atoms with Crippen LogP contribution in [0.3, 0.4) is 0 Å². The lowest BCUT2D eigenvalue weighted by Crippen LogP contribution is -2.33. The summed E-state index contributed by atoms with van der Waals surface area (Å²) >= 11 is 2.13. The van der Waals surface area contributed by atoms with Crippen molar-refractivity contribution in [1.29, 1.82) is 0 Å². The zero-order chi connectivity index (χ0) is 9.07. The van der Waals surface area contributed by atoms with E-state index in [1.807, 2.05) is 6.92 Å². The highest BCUT2D eigenvalue weighted by molar-refractivity contribution is 9.10. The number of alkyl halides is 3. The van der Waals surface area contributed by atoms with Crippen molar-refractivity contribution in [1.82, 2.24) is 0 Å². The summed E-state index contributed by atoms with van der Waals surface area (Å²) in [7, 11) is 0. The Morgan fingerprint density at radius 1 is 1.55 bits per heavy atom. The van der Waals surface area contributed by atoms with Crippen LogP contribution >= 0.6 is 15.9 Å². The predicted molar refractivity (Wildman–Crippen MR) is 44.0 cm³/mol. The first-order valence-electron chi connectivity index (χ1n) is 3.64. The standard InChI is InChI=1S/C7H13BrF2O/c1-3-4-5(2)6(11)7(8,9)10/h5-6,11H,3-4H2,1-2H3.